The fourth-order valence-electron chi connectivity index (χ4n) is 0.925. The lowest BCUT2D eigenvalue weighted by molar-refractivity contribution is -0.137. The number of esters is 1. The van der Waals surface area contributed by atoms with Gasteiger partial charge in [0, 0.05) is 6.08 Å². The van der Waals surface area contributed by atoms with Crippen LogP contribution < -0.4 is 5.43 Å². The van der Waals surface area contributed by atoms with E-state index in [2.05, 4.69) is 19.6 Å². The lowest BCUT2D eigenvalue weighted by Crippen LogP contribution is -2.45. The van der Waals surface area contributed by atoms with E-state index in [-0.39, 0.29) is 12.3 Å². The van der Waals surface area contributed by atoms with Gasteiger partial charge in [-0.1, -0.05) is 0 Å². The van der Waals surface area contributed by atoms with E-state index in [1.54, 1.807) is 6.92 Å². The maximum atomic E-state index is 11.4. The van der Waals surface area contributed by atoms with Crippen molar-refractivity contribution in [3.63, 3.8) is 0 Å². The molecular formula is C10H16N2O6. The molecule has 0 aromatic heterocycles. The summed E-state index contributed by atoms with van der Waals surface area (Å²) in [6, 6.07) is 0. The molecule has 8 nitrogen and oxygen atoms in total. The third-order valence-electron chi connectivity index (χ3n) is 1.71. The van der Waals surface area contributed by atoms with Crippen molar-refractivity contribution in [3.05, 3.63) is 11.8 Å². The van der Waals surface area contributed by atoms with E-state index >= 15 is 0 Å². The maximum Gasteiger partial charge on any atom is 0.433 e. The van der Waals surface area contributed by atoms with Crippen molar-refractivity contribution >= 4 is 18.2 Å². The molecule has 0 atom stereocenters. The number of rotatable bonds is 3. The van der Waals surface area contributed by atoms with Crippen LogP contribution >= 0.6 is 0 Å². The quantitative estimate of drug-likeness (QED) is 0.349. The summed E-state index contributed by atoms with van der Waals surface area (Å²) in [4.78, 5) is 33.6. The second-order valence-electron chi connectivity index (χ2n) is 2.95. The van der Waals surface area contributed by atoms with E-state index < -0.39 is 18.2 Å². The van der Waals surface area contributed by atoms with Crippen molar-refractivity contribution in [2.75, 3.05) is 20.8 Å². The summed E-state index contributed by atoms with van der Waals surface area (Å²) >= 11 is 0. The van der Waals surface area contributed by atoms with Gasteiger partial charge in [-0.3, -0.25) is 0 Å². The van der Waals surface area contributed by atoms with Crippen molar-refractivity contribution in [2.24, 2.45) is 0 Å². The number of amides is 2. The van der Waals surface area contributed by atoms with E-state index in [0.717, 1.165) is 25.3 Å². The second kappa shape index (κ2) is 7.93. The van der Waals surface area contributed by atoms with Crippen LogP contribution in [-0.2, 0) is 19.0 Å². The first-order chi connectivity index (χ1) is 8.46. The van der Waals surface area contributed by atoms with Crippen molar-refractivity contribution in [1.82, 2.24) is 10.4 Å². The normalized spacial score (nSPS) is 10.3. The molecule has 8 heteroatoms. The lowest BCUT2D eigenvalue weighted by atomic mass is 10.4. The lowest BCUT2D eigenvalue weighted by Gasteiger charge is -2.21. The number of hydrogen-bond donors (Lipinski definition) is 1. The zero-order chi connectivity index (χ0) is 14.1. The van der Waals surface area contributed by atoms with Crippen LogP contribution in [0.5, 0.6) is 0 Å². The van der Waals surface area contributed by atoms with Crippen LogP contribution in [0.15, 0.2) is 11.8 Å². The second-order valence-corrected chi connectivity index (χ2v) is 2.95. The molecule has 0 rings (SSSR count). The largest absolute Gasteiger partial charge is 0.463 e. The molecule has 0 bridgehead atoms. The van der Waals surface area contributed by atoms with Crippen molar-refractivity contribution in [2.45, 2.75) is 13.8 Å². The van der Waals surface area contributed by atoms with Crippen LogP contribution in [0.3, 0.4) is 0 Å². The summed E-state index contributed by atoms with van der Waals surface area (Å²) in [6.07, 6.45) is -0.716. The summed E-state index contributed by atoms with van der Waals surface area (Å²) in [5.74, 6) is -0.643. The first-order valence-corrected chi connectivity index (χ1v) is 5.04. The Hall–Kier alpha value is -2.25. The van der Waals surface area contributed by atoms with Gasteiger partial charge in [0.2, 0.25) is 0 Å². The number of ether oxygens (including phenoxy) is 3. The predicted octanol–water partition coefficient (Wildman–Crippen LogP) is 0.793. The van der Waals surface area contributed by atoms with Crippen LogP contribution in [0, 0.1) is 0 Å². The Bertz CT molecular complexity index is 352. The minimum atomic E-state index is -0.878. The van der Waals surface area contributed by atoms with Crippen molar-refractivity contribution < 1.29 is 28.6 Å². The van der Waals surface area contributed by atoms with Gasteiger partial charge in [0.05, 0.1) is 26.5 Å². The molecule has 0 aliphatic heterocycles. The highest BCUT2D eigenvalue weighted by molar-refractivity contribution is 5.84. The summed E-state index contributed by atoms with van der Waals surface area (Å²) in [5.41, 5.74) is 2.20. The van der Waals surface area contributed by atoms with Gasteiger partial charge >= 0.3 is 18.2 Å². The Morgan fingerprint density at radius 1 is 1.22 bits per heavy atom. The van der Waals surface area contributed by atoms with Crippen LogP contribution in [-0.4, -0.2) is 44.0 Å². The summed E-state index contributed by atoms with van der Waals surface area (Å²) in [6.45, 7) is 3.26. The highest BCUT2D eigenvalue weighted by Crippen LogP contribution is 2.03. The molecule has 0 saturated carbocycles. The molecule has 0 aliphatic rings. The number of carbonyl (C=O) groups is 3. The van der Waals surface area contributed by atoms with Crippen LogP contribution in [0.4, 0.5) is 9.59 Å². The van der Waals surface area contributed by atoms with Gasteiger partial charge in [0.1, 0.15) is 0 Å². The molecule has 18 heavy (non-hydrogen) atoms. The Kier molecular flexibility index (Phi) is 6.94. The molecule has 0 saturated heterocycles. The van der Waals surface area contributed by atoms with Gasteiger partial charge in [0.25, 0.3) is 0 Å². The Balaban J connectivity index is 4.89. The Labute approximate surface area is 104 Å². The number of nitrogens with zero attached hydrogens (tertiary/aromatic N) is 1. The van der Waals surface area contributed by atoms with Crippen LogP contribution in [0.25, 0.3) is 0 Å². The minimum Gasteiger partial charge on any atom is -0.463 e. The first kappa shape index (κ1) is 15.8. The molecule has 0 aromatic carbocycles. The van der Waals surface area contributed by atoms with E-state index in [4.69, 9.17) is 0 Å². The molecule has 0 aromatic rings. The van der Waals surface area contributed by atoms with Gasteiger partial charge in [-0.25, -0.2) is 19.8 Å². The SMILES string of the molecule is CCOC(=O)/C=C(/C)N(NC(=O)OC)C(=O)OC. The van der Waals surface area contributed by atoms with E-state index in [1.165, 1.54) is 6.92 Å². The number of hydrazine groups is 1. The molecule has 0 fully saturated rings. The van der Waals surface area contributed by atoms with Gasteiger partial charge in [-0.05, 0) is 13.8 Å². The predicted molar refractivity (Wildman–Crippen MR) is 60.2 cm³/mol. The topological polar surface area (TPSA) is 94.2 Å². The van der Waals surface area contributed by atoms with E-state index in [9.17, 15) is 14.4 Å². The highest BCUT2D eigenvalue weighted by atomic mass is 16.6. The van der Waals surface area contributed by atoms with Crippen molar-refractivity contribution in [3.8, 4) is 0 Å². The first-order valence-electron chi connectivity index (χ1n) is 5.04. The number of carbonyl (C=O) groups excluding carboxylic acids is 3. The zero-order valence-corrected chi connectivity index (χ0v) is 10.7. The summed E-state index contributed by atoms with van der Waals surface area (Å²) < 4.78 is 13.4. The standard InChI is InChI=1S/C10H16N2O6/c1-5-18-8(13)6-7(2)12(10(15)17-4)11-9(14)16-3/h6H,5H2,1-4H3,(H,11,14)/b7-6-. The number of allylic oxidation sites excluding steroid dienone is 1. The molecule has 2 amide bonds. The molecule has 0 unspecified atom stereocenters. The smallest absolute Gasteiger partial charge is 0.433 e. The molecular weight excluding hydrogens is 244 g/mol. The molecule has 0 radical (unpaired) electrons. The zero-order valence-electron chi connectivity index (χ0n) is 10.7. The average Bonchev–Trinajstić information content (AvgIpc) is 2.34. The minimum absolute atomic E-state index is 0.116. The van der Waals surface area contributed by atoms with Crippen molar-refractivity contribution in [1.29, 1.82) is 0 Å². The maximum absolute atomic E-state index is 11.4. The Morgan fingerprint density at radius 2 is 1.83 bits per heavy atom. The molecule has 0 heterocycles. The molecule has 0 aliphatic carbocycles. The fourth-order valence-corrected chi connectivity index (χ4v) is 0.925. The number of hydrogen-bond acceptors (Lipinski definition) is 6. The monoisotopic (exact) mass is 260 g/mol. The molecule has 1 N–H and O–H groups in total. The Morgan fingerprint density at radius 3 is 2.28 bits per heavy atom. The summed E-state index contributed by atoms with van der Waals surface area (Å²) in [5, 5.41) is 0.725. The molecule has 102 valence electrons. The molecule has 0 spiro atoms. The fraction of sp³-hybridized carbons (Fsp3) is 0.500. The van der Waals surface area contributed by atoms with Gasteiger partial charge in [-0.15, -0.1) is 0 Å². The third-order valence-corrected chi connectivity index (χ3v) is 1.71. The summed E-state index contributed by atoms with van der Waals surface area (Å²) in [7, 11) is 2.27. The van der Waals surface area contributed by atoms with Crippen LogP contribution in [0.1, 0.15) is 13.8 Å². The van der Waals surface area contributed by atoms with Gasteiger partial charge in [0.15, 0.2) is 0 Å². The number of nitrogens with one attached hydrogen (secondary N) is 1. The third kappa shape index (κ3) is 5.19. The van der Waals surface area contributed by atoms with E-state index in [1.807, 2.05) is 0 Å². The average molecular weight is 260 g/mol. The van der Waals surface area contributed by atoms with E-state index in [0.29, 0.717) is 0 Å². The van der Waals surface area contributed by atoms with Gasteiger partial charge < -0.3 is 14.2 Å². The highest BCUT2D eigenvalue weighted by Gasteiger charge is 2.19. The number of methoxy groups -OCH3 is 2. The van der Waals surface area contributed by atoms with Gasteiger partial charge in [-0.2, -0.15) is 5.01 Å². The van der Waals surface area contributed by atoms with Crippen LogP contribution in [0.2, 0.25) is 0 Å².